The Morgan fingerprint density at radius 3 is 2.83 bits per heavy atom. The molecule has 0 spiro atoms. The zero-order valence-corrected chi connectivity index (χ0v) is 9.76. The number of halogens is 3. The second-order valence-electron chi connectivity index (χ2n) is 4.11. The number of hydrogen-bond acceptors (Lipinski definition) is 2. The molecule has 0 atom stereocenters. The second-order valence-corrected chi connectivity index (χ2v) is 4.11. The van der Waals surface area contributed by atoms with Crippen molar-refractivity contribution >= 4 is 5.57 Å². The van der Waals surface area contributed by atoms with Crippen LogP contribution in [-0.4, -0.2) is 19.5 Å². The number of alkyl halides is 3. The molecule has 1 aliphatic rings. The predicted octanol–water partition coefficient (Wildman–Crippen LogP) is 3.35. The van der Waals surface area contributed by atoms with E-state index in [9.17, 15) is 13.2 Å². The summed E-state index contributed by atoms with van der Waals surface area (Å²) in [5.41, 5.74) is 1.85. The van der Waals surface area contributed by atoms with Gasteiger partial charge in [-0.05, 0) is 42.7 Å². The molecule has 0 aliphatic carbocycles. The third-order valence-electron chi connectivity index (χ3n) is 2.73. The maximum Gasteiger partial charge on any atom is 0.573 e. The largest absolute Gasteiger partial charge is 0.573 e. The number of nitrogens with one attached hydrogen (secondary N) is 1. The standard InChI is InChI=1S/C13H14F3NO/c14-13(15,16)18-12-5-1-3-11(9-12)10-4-2-7-17-8-6-10/h1,3,5-6,9,17H,2,4,7-8H2. The van der Waals surface area contributed by atoms with Crippen molar-refractivity contribution in [2.24, 2.45) is 0 Å². The highest BCUT2D eigenvalue weighted by atomic mass is 19.4. The summed E-state index contributed by atoms with van der Waals surface area (Å²) < 4.78 is 40.3. The molecule has 0 unspecified atom stereocenters. The summed E-state index contributed by atoms with van der Waals surface area (Å²) in [5, 5.41) is 3.21. The summed E-state index contributed by atoms with van der Waals surface area (Å²) >= 11 is 0. The van der Waals surface area contributed by atoms with E-state index in [2.05, 4.69) is 10.1 Å². The molecule has 18 heavy (non-hydrogen) atoms. The van der Waals surface area contributed by atoms with Crippen LogP contribution in [0.4, 0.5) is 13.2 Å². The highest BCUT2D eigenvalue weighted by Gasteiger charge is 2.31. The van der Waals surface area contributed by atoms with Crippen LogP contribution in [0.3, 0.4) is 0 Å². The van der Waals surface area contributed by atoms with E-state index < -0.39 is 6.36 Å². The van der Waals surface area contributed by atoms with Gasteiger partial charge in [-0.15, -0.1) is 13.2 Å². The van der Waals surface area contributed by atoms with Crippen molar-refractivity contribution in [1.29, 1.82) is 0 Å². The van der Waals surface area contributed by atoms with Crippen molar-refractivity contribution < 1.29 is 17.9 Å². The van der Waals surface area contributed by atoms with Gasteiger partial charge >= 0.3 is 6.36 Å². The zero-order valence-electron chi connectivity index (χ0n) is 9.76. The van der Waals surface area contributed by atoms with Gasteiger partial charge in [0.05, 0.1) is 0 Å². The minimum absolute atomic E-state index is 0.168. The molecular weight excluding hydrogens is 243 g/mol. The van der Waals surface area contributed by atoms with Crippen LogP contribution >= 0.6 is 0 Å². The molecule has 2 nitrogen and oxygen atoms in total. The third kappa shape index (κ3) is 3.77. The highest BCUT2D eigenvalue weighted by molar-refractivity contribution is 5.67. The van der Waals surface area contributed by atoms with E-state index in [4.69, 9.17) is 0 Å². The van der Waals surface area contributed by atoms with Gasteiger partial charge in [-0.3, -0.25) is 0 Å². The average molecular weight is 257 g/mol. The van der Waals surface area contributed by atoms with Crippen LogP contribution in [0.1, 0.15) is 18.4 Å². The molecule has 1 heterocycles. The van der Waals surface area contributed by atoms with E-state index in [1.807, 2.05) is 6.08 Å². The molecule has 1 aliphatic heterocycles. The Balaban J connectivity index is 2.18. The quantitative estimate of drug-likeness (QED) is 0.877. The lowest BCUT2D eigenvalue weighted by Crippen LogP contribution is -2.17. The van der Waals surface area contributed by atoms with Gasteiger partial charge in [-0.25, -0.2) is 0 Å². The minimum atomic E-state index is -4.64. The van der Waals surface area contributed by atoms with Gasteiger partial charge in [-0.1, -0.05) is 18.2 Å². The van der Waals surface area contributed by atoms with E-state index >= 15 is 0 Å². The van der Waals surface area contributed by atoms with Crippen LogP contribution in [0.15, 0.2) is 30.3 Å². The number of benzene rings is 1. The maximum atomic E-state index is 12.1. The molecule has 0 saturated heterocycles. The van der Waals surface area contributed by atoms with Gasteiger partial charge in [0.25, 0.3) is 0 Å². The molecule has 0 aromatic heterocycles. The number of allylic oxidation sites excluding steroid dienone is 1. The van der Waals surface area contributed by atoms with Crippen LogP contribution in [0.5, 0.6) is 5.75 Å². The van der Waals surface area contributed by atoms with Gasteiger partial charge in [0.2, 0.25) is 0 Å². The van der Waals surface area contributed by atoms with Gasteiger partial charge in [0.1, 0.15) is 5.75 Å². The van der Waals surface area contributed by atoms with Crippen LogP contribution in [0.2, 0.25) is 0 Å². The Labute approximate surface area is 103 Å². The van der Waals surface area contributed by atoms with Crippen molar-refractivity contribution in [3.8, 4) is 5.75 Å². The van der Waals surface area contributed by atoms with Gasteiger partial charge < -0.3 is 10.1 Å². The van der Waals surface area contributed by atoms with Crippen molar-refractivity contribution in [1.82, 2.24) is 5.32 Å². The van der Waals surface area contributed by atoms with Crippen LogP contribution in [0.25, 0.3) is 5.57 Å². The van der Waals surface area contributed by atoms with E-state index in [0.717, 1.165) is 37.1 Å². The molecule has 5 heteroatoms. The van der Waals surface area contributed by atoms with Crippen molar-refractivity contribution in [3.05, 3.63) is 35.9 Å². The Hall–Kier alpha value is -1.49. The Morgan fingerprint density at radius 2 is 2.06 bits per heavy atom. The molecule has 1 N–H and O–H groups in total. The van der Waals surface area contributed by atoms with Crippen LogP contribution < -0.4 is 10.1 Å². The Morgan fingerprint density at radius 1 is 1.22 bits per heavy atom. The molecule has 98 valence electrons. The Kier molecular flexibility index (Phi) is 3.91. The van der Waals surface area contributed by atoms with Gasteiger partial charge in [0, 0.05) is 6.54 Å². The third-order valence-corrected chi connectivity index (χ3v) is 2.73. The SMILES string of the molecule is FC(F)(F)Oc1cccc(C2=CCNCCC2)c1. The predicted molar refractivity (Wildman–Crippen MR) is 63.2 cm³/mol. The highest BCUT2D eigenvalue weighted by Crippen LogP contribution is 2.27. The van der Waals surface area contributed by atoms with E-state index in [0.29, 0.717) is 0 Å². The minimum Gasteiger partial charge on any atom is -0.406 e. The van der Waals surface area contributed by atoms with Gasteiger partial charge in [0.15, 0.2) is 0 Å². The smallest absolute Gasteiger partial charge is 0.406 e. The lowest BCUT2D eigenvalue weighted by molar-refractivity contribution is -0.274. The second kappa shape index (κ2) is 5.44. The number of hydrogen-bond donors (Lipinski definition) is 1. The normalized spacial score (nSPS) is 16.9. The summed E-state index contributed by atoms with van der Waals surface area (Å²) in [6.07, 6.45) is -0.781. The first-order valence-corrected chi connectivity index (χ1v) is 5.80. The van der Waals surface area contributed by atoms with Crippen LogP contribution in [-0.2, 0) is 0 Å². The molecule has 0 saturated carbocycles. The fourth-order valence-electron chi connectivity index (χ4n) is 1.96. The van der Waals surface area contributed by atoms with E-state index in [1.165, 1.54) is 12.1 Å². The summed E-state index contributed by atoms with van der Waals surface area (Å²) in [5.74, 6) is -0.168. The van der Waals surface area contributed by atoms with Gasteiger partial charge in [-0.2, -0.15) is 0 Å². The van der Waals surface area contributed by atoms with Crippen LogP contribution in [0, 0.1) is 0 Å². The first-order valence-electron chi connectivity index (χ1n) is 5.80. The number of ether oxygens (including phenoxy) is 1. The monoisotopic (exact) mass is 257 g/mol. The molecule has 0 amide bonds. The fourth-order valence-corrected chi connectivity index (χ4v) is 1.96. The summed E-state index contributed by atoms with van der Waals surface area (Å²) in [6, 6.07) is 6.13. The molecular formula is C13H14F3NO. The van der Waals surface area contributed by atoms with E-state index in [1.54, 1.807) is 12.1 Å². The van der Waals surface area contributed by atoms with Crippen molar-refractivity contribution in [3.63, 3.8) is 0 Å². The molecule has 1 aromatic rings. The molecule has 0 fully saturated rings. The van der Waals surface area contributed by atoms with Crippen molar-refractivity contribution in [2.45, 2.75) is 19.2 Å². The summed E-state index contributed by atoms with van der Waals surface area (Å²) in [7, 11) is 0. The maximum absolute atomic E-state index is 12.1. The molecule has 1 aromatic carbocycles. The summed E-state index contributed by atoms with van der Waals surface area (Å²) in [4.78, 5) is 0. The topological polar surface area (TPSA) is 21.3 Å². The summed E-state index contributed by atoms with van der Waals surface area (Å²) in [6.45, 7) is 1.68. The first kappa shape index (κ1) is 13.0. The molecule has 0 radical (unpaired) electrons. The zero-order chi connectivity index (χ0) is 13.0. The average Bonchev–Trinajstić information content (AvgIpc) is 2.55. The lowest BCUT2D eigenvalue weighted by atomic mass is 10.0. The number of rotatable bonds is 2. The molecule has 2 rings (SSSR count). The van der Waals surface area contributed by atoms with Crippen molar-refractivity contribution in [2.75, 3.05) is 13.1 Å². The van der Waals surface area contributed by atoms with E-state index in [-0.39, 0.29) is 5.75 Å². The fraction of sp³-hybridized carbons (Fsp3) is 0.385. The first-order chi connectivity index (χ1) is 8.54. The molecule has 0 bridgehead atoms. The Bertz CT molecular complexity index is 440. The lowest BCUT2D eigenvalue weighted by Gasteiger charge is -2.11.